The smallest absolute Gasteiger partial charge is 0.233 e. The largest absolute Gasteiger partial charge is 0.347 e. The summed E-state index contributed by atoms with van der Waals surface area (Å²) in [6.45, 7) is 0. The van der Waals surface area contributed by atoms with Crippen LogP contribution in [0.3, 0.4) is 0 Å². The van der Waals surface area contributed by atoms with E-state index < -0.39 is 0 Å². The van der Waals surface area contributed by atoms with Crippen molar-refractivity contribution in [2.45, 2.75) is 0 Å². The summed E-state index contributed by atoms with van der Waals surface area (Å²) in [4.78, 5) is 13.9. The second-order valence-electron chi connectivity index (χ2n) is 3.99. The van der Waals surface area contributed by atoms with E-state index in [0.29, 0.717) is 26.7 Å². The second kappa shape index (κ2) is 6.18. The molecule has 0 radical (unpaired) electrons. The molecule has 0 aliphatic carbocycles. The Hall–Kier alpha value is -1.01. The van der Waals surface area contributed by atoms with Gasteiger partial charge in [0.25, 0.3) is 0 Å². The fourth-order valence-electron chi connectivity index (χ4n) is 1.33. The van der Waals surface area contributed by atoms with Crippen LogP contribution in [-0.2, 0) is 0 Å². The Morgan fingerprint density at radius 1 is 0.900 bits per heavy atom. The maximum Gasteiger partial charge on any atom is 0.233 e. The van der Waals surface area contributed by atoms with E-state index in [1.165, 1.54) is 6.07 Å². The van der Waals surface area contributed by atoms with Gasteiger partial charge in [-0.15, -0.1) is 0 Å². The summed E-state index contributed by atoms with van der Waals surface area (Å²) < 4.78 is 0. The molecule has 0 spiro atoms. The summed E-state index contributed by atoms with van der Waals surface area (Å²) in [6.07, 6.45) is 0. The van der Waals surface area contributed by atoms with Crippen molar-refractivity contribution >= 4 is 64.0 Å². The first-order valence-corrected chi connectivity index (χ1v) is 6.88. The Morgan fingerprint density at radius 3 is 2.20 bits per heavy atom. The van der Waals surface area contributed by atoms with Crippen LogP contribution in [0.1, 0.15) is 0 Å². The minimum absolute atomic E-state index is 0.0717. The summed E-state index contributed by atoms with van der Waals surface area (Å²) in [7, 11) is 3.59. The van der Waals surface area contributed by atoms with Crippen LogP contribution >= 0.6 is 46.4 Å². The minimum atomic E-state index is 0.0717. The third kappa shape index (κ3) is 3.55. The number of hydrogen-bond donors (Lipinski definition) is 1. The molecule has 2 aromatic rings. The molecule has 9 heteroatoms. The molecule has 1 N–H and O–H groups in total. The average molecular weight is 353 g/mol. The number of aromatic nitrogens is 3. The number of halogens is 4. The number of nitrogens with zero attached hydrogens (tertiary/aromatic N) is 4. The molecule has 1 aromatic carbocycles. The highest BCUT2D eigenvalue weighted by atomic mass is 35.5. The molecule has 1 heterocycles. The van der Waals surface area contributed by atoms with Crippen LogP contribution < -0.4 is 10.2 Å². The SMILES string of the molecule is CN(C)c1nc(Cl)nc(Nc2cc(Cl)c(Cl)cc2Cl)n1. The van der Waals surface area contributed by atoms with E-state index in [2.05, 4.69) is 20.3 Å². The number of hydrogen-bond acceptors (Lipinski definition) is 5. The Kier molecular flexibility index (Phi) is 4.75. The number of anilines is 3. The topological polar surface area (TPSA) is 53.9 Å². The van der Waals surface area contributed by atoms with Gasteiger partial charge in [0.1, 0.15) is 0 Å². The fourth-order valence-corrected chi connectivity index (χ4v) is 2.08. The molecule has 2 rings (SSSR count). The van der Waals surface area contributed by atoms with Crippen LogP contribution in [0.2, 0.25) is 20.4 Å². The van der Waals surface area contributed by atoms with E-state index in [1.807, 2.05) is 0 Å². The maximum atomic E-state index is 6.07. The van der Waals surface area contributed by atoms with Gasteiger partial charge in [-0.05, 0) is 23.7 Å². The normalized spacial score (nSPS) is 10.5. The lowest BCUT2D eigenvalue weighted by atomic mass is 10.3. The highest BCUT2D eigenvalue weighted by Gasteiger charge is 2.10. The highest BCUT2D eigenvalue weighted by molar-refractivity contribution is 6.44. The molecular weight excluding hydrogens is 344 g/mol. The van der Waals surface area contributed by atoms with Crippen molar-refractivity contribution in [2.75, 3.05) is 24.3 Å². The summed E-state index contributed by atoms with van der Waals surface area (Å²) in [5, 5.41) is 4.12. The number of rotatable bonds is 3. The van der Waals surface area contributed by atoms with Crippen molar-refractivity contribution in [2.24, 2.45) is 0 Å². The first kappa shape index (κ1) is 15.4. The predicted molar refractivity (Wildman–Crippen MR) is 83.9 cm³/mol. The molecule has 0 unspecified atom stereocenters. The van der Waals surface area contributed by atoms with Crippen LogP contribution in [-0.4, -0.2) is 29.0 Å². The first-order valence-electron chi connectivity index (χ1n) is 5.37. The molecule has 0 fully saturated rings. The van der Waals surface area contributed by atoms with Gasteiger partial charge in [-0.25, -0.2) is 0 Å². The molecule has 0 atom stereocenters. The van der Waals surface area contributed by atoms with Crippen LogP contribution in [0.4, 0.5) is 17.6 Å². The Balaban J connectivity index is 2.37. The molecule has 106 valence electrons. The van der Waals surface area contributed by atoms with Crippen molar-refractivity contribution in [1.29, 1.82) is 0 Å². The Morgan fingerprint density at radius 2 is 1.55 bits per heavy atom. The minimum Gasteiger partial charge on any atom is -0.347 e. The maximum absolute atomic E-state index is 6.07. The van der Waals surface area contributed by atoms with Crippen LogP contribution in [0.25, 0.3) is 0 Å². The number of benzene rings is 1. The molecule has 0 saturated carbocycles. The van der Waals surface area contributed by atoms with Gasteiger partial charge in [0, 0.05) is 14.1 Å². The van der Waals surface area contributed by atoms with Crippen LogP contribution in [0.5, 0.6) is 0 Å². The van der Waals surface area contributed by atoms with Crippen LogP contribution in [0.15, 0.2) is 12.1 Å². The highest BCUT2D eigenvalue weighted by Crippen LogP contribution is 2.33. The number of nitrogens with one attached hydrogen (secondary N) is 1. The van der Waals surface area contributed by atoms with Gasteiger partial charge in [-0.3, -0.25) is 0 Å². The van der Waals surface area contributed by atoms with Gasteiger partial charge in [0.2, 0.25) is 17.2 Å². The lowest BCUT2D eigenvalue weighted by molar-refractivity contribution is 0.961. The van der Waals surface area contributed by atoms with E-state index in [4.69, 9.17) is 46.4 Å². The Labute approximate surface area is 135 Å². The molecule has 5 nitrogen and oxygen atoms in total. The zero-order valence-electron chi connectivity index (χ0n) is 10.5. The molecule has 0 bridgehead atoms. The summed E-state index contributed by atoms with van der Waals surface area (Å²) in [6, 6.07) is 3.11. The van der Waals surface area contributed by atoms with Gasteiger partial charge < -0.3 is 10.2 Å². The monoisotopic (exact) mass is 351 g/mol. The molecule has 0 saturated heterocycles. The first-order chi connectivity index (χ1) is 9.36. The van der Waals surface area contributed by atoms with E-state index in [9.17, 15) is 0 Å². The van der Waals surface area contributed by atoms with E-state index in [1.54, 1.807) is 25.1 Å². The van der Waals surface area contributed by atoms with Crippen molar-refractivity contribution < 1.29 is 0 Å². The van der Waals surface area contributed by atoms with Gasteiger partial charge in [-0.1, -0.05) is 34.8 Å². The lowest BCUT2D eigenvalue weighted by Gasteiger charge is -2.12. The van der Waals surface area contributed by atoms with Gasteiger partial charge >= 0.3 is 0 Å². The fraction of sp³-hybridized carbons (Fsp3) is 0.182. The van der Waals surface area contributed by atoms with Crippen molar-refractivity contribution in [3.8, 4) is 0 Å². The molecular formula is C11H9Cl4N5. The van der Waals surface area contributed by atoms with E-state index in [0.717, 1.165) is 0 Å². The lowest BCUT2D eigenvalue weighted by Crippen LogP contribution is -2.14. The van der Waals surface area contributed by atoms with Gasteiger partial charge in [-0.2, -0.15) is 15.0 Å². The molecule has 20 heavy (non-hydrogen) atoms. The van der Waals surface area contributed by atoms with Crippen LogP contribution in [0, 0.1) is 0 Å². The van der Waals surface area contributed by atoms with Crippen molar-refractivity contribution in [3.63, 3.8) is 0 Å². The zero-order chi connectivity index (χ0) is 14.9. The molecule has 0 amide bonds. The summed E-state index contributed by atoms with van der Waals surface area (Å²) >= 11 is 23.7. The average Bonchev–Trinajstić information content (AvgIpc) is 2.35. The predicted octanol–water partition coefficient (Wildman–Crippen LogP) is 4.29. The summed E-state index contributed by atoms with van der Waals surface area (Å²) in [5.41, 5.74) is 0.521. The molecule has 0 aliphatic heterocycles. The van der Waals surface area contributed by atoms with E-state index >= 15 is 0 Å². The summed E-state index contributed by atoms with van der Waals surface area (Å²) in [5.74, 6) is 0.678. The van der Waals surface area contributed by atoms with E-state index in [-0.39, 0.29) is 11.2 Å². The second-order valence-corrected chi connectivity index (χ2v) is 5.55. The molecule has 1 aromatic heterocycles. The zero-order valence-corrected chi connectivity index (χ0v) is 13.5. The molecule has 0 aliphatic rings. The van der Waals surface area contributed by atoms with Crippen molar-refractivity contribution in [3.05, 3.63) is 32.5 Å². The third-order valence-electron chi connectivity index (χ3n) is 2.25. The van der Waals surface area contributed by atoms with Crippen molar-refractivity contribution in [1.82, 2.24) is 15.0 Å². The quantitative estimate of drug-likeness (QED) is 0.835. The Bertz CT molecular complexity index is 647. The van der Waals surface area contributed by atoms with Gasteiger partial charge in [0.15, 0.2) is 0 Å². The standard InChI is InChI=1S/C11H9Cl4N5/c1-20(2)11-18-9(15)17-10(19-11)16-8-4-6(13)5(12)3-7(8)14/h3-4H,1-2H3,(H,16,17,18,19). The third-order valence-corrected chi connectivity index (χ3v) is 3.46. The van der Waals surface area contributed by atoms with Gasteiger partial charge in [0.05, 0.1) is 20.8 Å².